The van der Waals surface area contributed by atoms with Crippen molar-refractivity contribution in [3.8, 4) is 0 Å². The number of carbonyl (C=O) groups excluding carboxylic acids is 1. The lowest BCUT2D eigenvalue weighted by Gasteiger charge is -2.16. The van der Waals surface area contributed by atoms with Gasteiger partial charge in [0.2, 0.25) is 5.91 Å². The number of carbonyl (C=O) groups is 1. The minimum atomic E-state index is -0.00751. The fourth-order valence-electron chi connectivity index (χ4n) is 2.39. The van der Waals surface area contributed by atoms with Gasteiger partial charge in [0.25, 0.3) is 0 Å². The van der Waals surface area contributed by atoms with E-state index in [1.165, 1.54) is 5.56 Å². The molecule has 0 bridgehead atoms. The largest absolute Gasteiger partial charge is 0.325 e. The second kappa shape index (κ2) is 7.22. The van der Waals surface area contributed by atoms with Crippen LogP contribution >= 0.6 is 0 Å². The summed E-state index contributed by atoms with van der Waals surface area (Å²) in [6.45, 7) is 8.09. The second-order valence-electron chi connectivity index (χ2n) is 5.66. The number of hydrogen-bond acceptors (Lipinski definition) is 3. The number of aromatic nitrogens is 2. The molecule has 2 rings (SSSR count). The molecular formula is C17H24N4O. The van der Waals surface area contributed by atoms with Crippen molar-refractivity contribution in [2.45, 2.75) is 33.9 Å². The Bertz CT molecular complexity index is 631. The third-order valence-electron chi connectivity index (χ3n) is 3.69. The molecule has 0 unspecified atom stereocenters. The molecule has 5 nitrogen and oxygen atoms in total. The Balaban J connectivity index is 1.88. The maximum Gasteiger partial charge on any atom is 0.238 e. The molecule has 0 atom stereocenters. The third-order valence-corrected chi connectivity index (χ3v) is 3.69. The van der Waals surface area contributed by atoms with Crippen molar-refractivity contribution in [1.29, 1.82) is 0 Å². The van der Waals surface area contributed by atoms with Crippen molar-refractivity contribution in [1.82, 2.24) is 14.7 Å². The lowest BCUT2D eigenvalue weighted by Crippen LogP contribution is -2.30. The zero-order valence-corrected chi connectivity index (χ0v) is 13.8. The summed E-state index contributed by atoms with van der Waals surface area (Å²) in [7, 11) is 1.94. The SMILES string of the molecule is CCn1ncc(CN(C)CC(=O)Nc2ccc(C)cc2)c1C. The predicted molar refractivity (Wildman–Crippen MR) is 88.8 cm³/mol. The van der Waals surface area contributed by atoms with Crippen molar-refractivity contribution in [2.24, 2.45) is 0 Å². The van der Waals surface area contributed by atoms with E-state index in [0.717, 1.165) is 23.5 Å². The summed E-state index contributed by atoms with van der Waals surface area (Å²) in [6.07, 6.45) is 1.88. The molecule has 2 aromatic rings. The van der Waals surface area contributed by atoms with Gasteiger partial charge in [-0.25, -0.2) is 0 Å². The summed E-state index contributed by atoms with van der Waals surface area (Å²) < 4.78 is 1.97. The van der Waals surface area contributed by atoms with E-state index in [4.69, 9.17) is 0 Å². The Kier molecular flexibility index (Phi) is 5.33. The maximum absolute atomic E-state index is 12.1. The smallest absolute Gasteiger partial charge is 0.238 e. The average molecular weight is 300 g/mol. The topological polar surface area (TPSA) is 50.2 Å². The fourth-order valence-corrected chi connectivity index (χ4v) is 2.39. The number of benzene rings is 1. The molecule has 0 saturated heterocycles. The van der Waals surface area contributed by atoms with E-state index in [2.05, 4.69) is 24.3 Å². The highest BCUT2D eigenvalue weighted by molar-refractivity contribution is 5.92. The number of rotatable bonds is 6. The summed E-state index contributed by atoms with van der Waals surface area (Å²) in [6, 6.07) is 7.81. The first-order chi connectivity index (χ1) is 10.5. The molecule has 1 N–H and O–H groups in total. The molecule has 22 heavy (non-hydrogen) atoms. The third kappa shape index (κ3) is 4.18. The first-order valence-corrected chi connectivity index (χ1v) is 7.56. The van der Waals surface area contributed by atoms with Gasteiger partial charge in [-0.1, -0.05) is 17.7 Å². The summed E-state index contributed by atoms with van der Waals surface area (Å²) in [5.41, 5.74) is 4.33. The molecule has 0 fully saturated rings. The van der Waals surface area contributed by atoms with Crippen LogP contribution in [0.15, 0.2) is 30.5 Å². The van der Waals surface area contributed by atoms with Crippen molar-refractivity contribution < 1.29 is 4.79 Å². The van der Waals surface area contributed by atoms with Crippen LogP contribution in [0.1, 0.15) is 23.7 Å². The van der Waals surface area contributed by atoms with Crippen LogP contribution in [0.3, 0.4) is 0 Å². The number of anilines is 1. The van der Waals surface area contributed by atoms with Crippen LogP contribution in [0, 0.1) is 13.8 Å². The molecule has 0 radical (unpaired) electrons. The highest BCUT2D eigenvalue weighted by Crippen LogP contribution is 2.11. The average Bonchev–Trinajstić information content (AvgIpc) is 2.82. The molecule has 1 aromatic carbocycles. The van der Waals surface area contributed by atoms with Crippen LogP contribution in [0.5, 0.6) is 0 Å². The van der Waals surface area contributed by atoms with Gasteiger partial charge >= 0.3 is 0 Å². The van der Waals surface area contributed by atoms with Gasteiger partial charge in [0.05, 0.1) is 12.7 Å². The molecule has 118 valence electrons. The van der Waals surface area contributed by atoms with Gasteiger partial charge in [-0.3, -0.25) is 14.4 Å². The lowest BCUT2D eigenvalue weighted by molar-refractivity contribution is -0.117. The molecule has 1 heterocycles. The summed E-state index contributed by atoms with van der Waals surface area (Å²) in [5.74, 6) is -0.00751. The molecule has 0 saturated carbocycles. The standard InChI is InChI=1S/C17H24N4O/c1-5-21-14(3)15(10-18-21)11-20(4)12-17(22)19-16-8-6-13(2)7-9-16/h6-10H,5,11-12H2,1-4H3,(H,19,22). The summed E-state index contributed by atoms with van der Waals surface area (Å²) in [5, 5.41) is 7.25. The van der Waals surface area contributed by atoms with Gasteiger partial charge in [-0.2, -0.15) is 5.10 Å². The van der Waals surface area contributed by atoms with Crippen molar-refractivity contribution in [3.63, 3.8) is 0 Å². The molecular weight excluding hydrogens is 276 g/mol. The van der Waals surface area contributed by atoms with Crippen LogP contribution in [-0.4, -0.2) is 34.2 Å². The highest BCUT2D eigenvalue weighted by Gasteiger charge is 2.11. The minimum Gasteiger partial charge on any atom is -0.325 e. The molecule has 0 aliphatic carbocycles. The summed E-state index contributed by atoms with van der Waals surface area (Å²) >= 11 is 0. The number of hydrogen-bond donors (Lipinski definition) is 1. The Morgan fingerprint density at radius 2 is 1.95 bits per heavy atom. The number of likely N-dealkylation sites (N-methyl/N-ethyl adjacent to an activating group) is 1. The van der Waals surface area contributed by atoms with E-state index in [-0.39, 0.29) is 5.91 Å². The number of aryl methyl sites for hydroxylation is 2. The van der Waals surface area contributed by atoms with E-state index in [1.807, 2.05) is 54.0 Å². The first-order valence-electron chi connectivity index (χ1n) is 7.56. The minimum absolute atomic E-state index is 0.00751. The van der Waals surface area contributed by atoms with Gasteiger partial charge in [-0.05, 0) is 40.0 Å². The van der Waals surface area contributed by atoms with Gasteiger partial charge in [-0.15, -0.1) is 0 Å². The van der Waals surface area contributed by atoms with E-state index in [9.17, 15) is 4.79 Å². The highest BCUT2D eigenvalue weighted by atomic mass is 16.2. The van der Waals surface area contributed by atoms with Gasteiger partial charge in [0.15, 0.2) is 0 Å². The quantitative estimate of drug-likeness (QED) is 0.892. The Labute approximate surface area is 131 Å². The normalized spacial score (nSPS) is 11.0. The second-order valence-corrected chi connectivity index (χ2v) is 5.66. The predicted octanol–water partition coefficient (Wildman–Crippen LogP) is 2.59. The Hall–Kier alpha value is -2.14. The van der Waals surface area contributed by atoms with E-state index < -0.39 is 0 Å². The number of amides is 1. The van der Waals surface area contributed by atoms with Crippen LogP contribution in [0.25, 0.3) is 0 Å². The zero-order chi connectivity index (χ0) is 16.1. The fraction of sp³-hybridized carbons (Fsp3) is 0.412. The van der Waals surface area contributed by atoms with Crippen molar-refractivity contribution >= 4 is 11.6 Å². The maximum atomic E-state index is 12.1. The van der Waals surface area contributed by atoms with Gasteiger partial charge in [0, 0.05) is 30.0 Å². The number of nitrogens with one attached hydrogen (secondary N) is 1. The van der Waals surface area contributed by atoms with E-state index in [1.54, 1.807) is 0 Å². The summed E-state index contributed by atoms with van der Waals surface area (Å²) in [4.78, 5) is 14.1. The lowest BCUT2D eigenvalue weighted by atomic mass is 10.2. The van der Waals surface area contributed by atoms with Crippen molar-refractivity contribution in [3.05, 3.63) is 47.3 Å². The molecule has 5 heteroatoms. The van der Waals surface area contributed by atoms with Gasteiger partial charge in [0.1, 0.15) is 0 Å². The molecule has 0 aliphatic rings. The van der Waals surface area contributed by atoms with Gasteiger partial charge < -0.3 is 5.32 Å². The van der Waals surface area contributed by atoms with Crippen LogP contribution in [0.2, 0.25) is 0 Å². The van der Waals surface area contributed by atoms with Crippen LogP contribution in [0.4, 0.5) is 5.69 Å². The van der Waals surface area contributed by atoms with Crippen molar-refractivity contribution in [2.75, 3.05) is 18.9 Å². The first kappa shape index (κ1) is 16.2. The Morgan fingerprint density at radius 1 is 1.27 bits per heavy atom. The van der Waals surface area contributed by atoms with Crippen LogP contribution in [-0.2, 0) is 17.9 Å². The number of nitrogens with zero attached hydrogens (tertiary/aromatic N) is 3. The Morgan fingerprint density at radius 3 is 2.55 bits per heavy atom. The van der Waals surface area contributed by atoms with Crippen LogP contribution < -0.4 is 5.32 Å². The molecule has 1 aromatic heterocycles. The zero-order valence-electron chi connectivity index (χ0n) is 13.8. The molecule has 0 spiro atoms. The molecule has 0 aliphatic heterocycles. The molecule has 1 amide bonds. The monoisotopic (exact) mass is 300 g/mol. The van der Waals surface area contributed by atoms with E-state index >= 15 is 0 Å². The van der Waals surface area contributed by atoms with E-state index in [0.29, 0.717) is 13.1 Å².